The van der Waals surface area contributed by atoms with Crippen molar-refractivity contribution in [2.24, 2.45) is 0 Å². The van der Waals surface area contributed by atoms with E-state index in [0.29, 0.717) is 32.5 Å². The van der Waals surface area contributed by atoms with E-state index in [1.54, 1.807) is 6.33 Å². The third kappa shape index (κ3) is 4.72. The van der Waals surface area contributed by atoms with Crippen LogP contribution in [0.3, 0.4) is 0 Å². The van der Waals surface area contributed by atoms with Gasteiger partial charge in [0.25, 0.3) is 0 Å². The molecule has 0 saturated carbocycles. The van der Waals surface area contributed by atoms with Gasteiger partial charge in [0, 0.05) is 0 Å². The molecule has 0 aliphatic rings. The summed E-state index contributed by atoms with van der Waals surface area (Å²) in [6, 6.07) is 0. The van der Waals surface area contributed by atoms with Crippen molar-refractivity contribution in [3.05, 3.63) is 18.2 Å². The molecule has 1 aromatic heterocycles. The molecule has 0 aromatic carbocycles. The predicted octanol–water partition coefficient (Wildman–Crippen LogP) is -0.667. The SMILES string of the molecule is CS(=O)(=O)OCCc1c[n]([Tl])cn1. The van der Waals surface area contributed by atoms with Gasteiger partial charge >= 0.3 is 93.6 Å². The number of hydrogen-bond acceptors (Lipinski definition) is 4. The maximum atomic E-state index is 10.6. The molecule has 0 bridgehead atoms. The quantitative estimate of drug-likeness (QED) is 0.503. The molecular formula is C6H9N2O3STl. The van der Waals surface area contributed by atoms with Crippen molar-refractivity contribution in [3.8, 4) is 0 Å². The van der Waals surface area contributed by atoms with Crippen LogP contribution in [-0.2, 0) is 20.7 Å². The molecule has 0 saturated heterocycles. The van der Waals surface area contributed by atoms with Crippen LogP contribution in [-0.4, -0.2) is 54.7 Å². The van der Waals surface area contributed by atoms with Gasteiger partial charge in [-0.1, -0.05) is 0 Å². The monoisotopic (exact) mass is 394 g/mol. The third-order valence-electron chi connectivity index (χ3n) is 1.31. The molecule has 1 heterocycles. The first-order valence-electron chi connectivity index (χ1n) is 3.60. The summed E-state index contributed by atoms with van der Waals surface area (Å²) in [6.07, 6.45) is 5.21. The summed E-state index contributed by atoms with van der Waals surface area (Å²) in [7, 11) is -3.31. The van der Waals surface area contributed by atoms with E-state index < -0.39 is 10.1 Å². The Kier molecular flexibility index (Phi) is 3.86. The summed E-state index contributed by atoms with van der Waals surface area (Å²) in [5, 5.41) is 0. The van der Waals surface area contributed by atoms with E-state index >= 15 is 0 Å². The van der Waals surface area contributed by atoms with Crippen molar-refractivity contribution >= 4 is 36.2 Å². The number of imidazole rings is 1. The molecule has 13 heavy (non-hydrogen) atoms. The van der Waals surface area contributed by atoms with Gasteiger partial charge in [-0.2, -0.15) is 0 Å². The average molecular weight is 394 g/mol. The van der Waals surface area contributed by atoms with Crippen LogP contribution in [0.5, 0.6) is 0 Å². The molecule has 0 N–H and O–H groups in total. The van der Waals surface area contributed by atoms with Crippen LogP contribution in [0.15, 0.2) is 12.5 Å². The van der Waals surface area contributed by atoms with Crippen LogP contribution in [0.1, 0.15) is 5.69 Å². The molecule has 0 fully saturated rings. The van der Waals surface area contributed by atoms with E-state index in [2.05, 4.69) is 9.17 Å². The van der Waals surface area contributed by atoms with Crippen LogP contribution in [0.2, 0.25) is 0 Å². The van der Waals surface area contributed by atoms with Gasteiger partial charge in [0.2, 0.25) is 0 Å². The average Bonchev–Trinajstić information content (AvgIpc) is 2.33. The Hall–Kier alpha value is 0.0421. The van der Waals surface area contributed by atoms with Gasteiger partial charge < -0.3 is 0 Å². The molecule has 0 atom stereocenters. The Balaban J connectivity index is 2.36. The van der Waals surface area contributed by atoms with E-state index in [9.17, 15) is 8.42 Å². The van der Waals surface area contributed by atoms with Gasteiger partial charge in [0.15, 0.2) is 0 Å². The van der Waals surface area contributed by atoms with Crippen LogP contribution in [0, 0.1) is 0 Å². The zero-order valence-corrected chi connectivity index (χ0v) is 12.5. The fraction of sp³-hybridized carbons (Fsp3) is 0.500. The molecular weight excluding hydrogens is 385 g/mol. The molecule has 7 heteroatoms. The van der Waals surface area contributed by atoms with E-state index in [1.807, 2.05) is 8.57 Å². The normalized spacial score (nSPS) is 11.7. The minimum atomic E-state index is -3.31. The molecule has 0 amide bonds. The molecule has 1 aromatic rings. The Morgan fingerprint density at radius 1 is 1.69 bits per heavy atom. The zero-order chi connectivity index (χ0) is 9.90. The number of hydrogen-bond donors (Lipinski definition) is 0. The maximum absolute atomic E-state index is 10.6. The van der Waals surface area contributed by atoms with E-state index in [1.165, 1.54) is 0 Å². The van der Waals surface area contributed by atoms with Crippen LogP contribution in [0.4, 0.5) is 0 Å². The molecule has 0 spiro atoms. The van der Waals surface area contributed by atoms with Crippen molar-refractivity contribution < 1.29 is 12.6 Å². The van der Waals surface area contributed by atoms with Gasteiger partial charge in [-0.15, -0.1) is 0 Å². The summed E-state index contributed by atoms with van der Waals surface area (Å²) in [5.74, 6) is 0. The molecule has 1 rings (SSSR count). The Morgan fingerprint density at radius 2 is 2.38 bits per heavy atom. The second kappa shape index (κ2) is 4.51. The van der Waals surface area contributed by atoms with Crippen molar-refractivity contribution in [1.29, 1.82) is 0 Å². The van der Waals surface area contributed by atoms with E-state index in [4.69, 9.17) is 0 Å². The molecule has 0 aliphatic heterocycles. The number of aromatic nitrogens is 2. The molecule has 0 unspecified atom stereocenters. The fourth-order valence-corrected chi connectivity index (χ4v) is 2.12. The van der Waals surface area contributed by atoms with E-state index in [-0.39, 0.29) is 6.61 Å². The summed E-state index contributed by atoms with van der Waals surface area (Å²) >= 11 is 0.696. The first-order chi connectivity index (χ1) is 5.97. The molecule has 0 aliphatic carbocycles. The Labute approximate surface area is 93.3 Å². The molecule has 5 nitrogen and oxygen atoms in total. The first kappa shape index (κ1) is 11.1. The first-order valence-corrected chi connectivity index (χ1v) is 7.42. The molecule has 70 valence electrons. The Morgan fingerprint density at radius 3 is 2.85 bits per heavy atom. The number of rotatable bonds is 4. The second-order valence-corrected chi connectivity index (χ2v) is 6.55. The van der Waals surface area contributed by atoms with Crippen LogP contribution < -0.4 is 0 Å². The summed E-state index contributed by atoms with van der Waals surface area (Å²) in [6.45, 7) is 0.167. The van der Waals surface area contributed by atoms with Crippen molar-refractivity contribution in [2.75, 3.05) is 12.9 Å². The van der Waals surface area contributed by atoms with Crippen LogP contribution in [0.25, 0.3) is 0 Å². The predicted molar refractivity (Wildman–Crippen MR) is 47.9 cm³/mol. The fourth-order valence-electron chi connectivity index (χ4n) is 0.806. The Bertz CT molecular complexity index is 373. The standard InChI is InChI=1S/C6H9N2O3S.Tl/c1-12(9,10)11-3-2-6-4-7-5-8-6;/h4-5H,2-3H2,1H3;/q-1;+1. The van der Waals surface area contributed by atoms with Crippen molar-refractivity contribution in [2.45, 2.75) is 6.42 Å². The van der Waals surface area contributed by atoms with Gasteiger partial charge in [0.1, 0.15) is 0 Å². The van der Waals surface area contributed by atoms with Crippen LogP contribution >= 0.6 is 0 Å². The summed E-state index contributed by atoms with van der Waals surface area (Å²) in [5.41, 5.74) is 0.867. The van der Waals surface area contributed by atoms with Gasteiger partial charge in [-0.05, 0) is 0 Å². The van der Waals surface area contributed by atoms with Crippen molar-refractivity contribution in [3.63, 3.8) is 0 Å². The second-order valence-electron chi connectivity index (χ2n) is 2.59. The number of nitrogens with zero attached hydrogens (tertiary/aromatic N) is 2. The van der Waals surface area contributed by atoms with Gasteiger partial charge in [-0.3, -0.25) is 0 Å². The van der Waals surface area contributed by atoms with E-state index in [0.717, 1.165) is 11.9 Å². The molecule has 0 radical (unpaired) electrons. The topological polar surface area (TPSA) is 61.2 Å². The van der Waals surface area contributed by atoms with Crippen molar-refractivity contribution in [1.82, 2.24) is 7.36 Å². The van der Waals surface area contributed by atoms with Gasteiger partial charge in [-0.25, -0.2) is 0 Å². The summed E-state index contributed by atoms with van der Waals surface area (Å²) in [4.78, 5) is 4.07. The summed E-state index contributed by atoms with van der Waals surface area (Å²) < 4.78 is 27.7. The van der Waals surface area contributed by atoms with Gasteiger partial charge in [0.05, 0.1) is 0 Å². The minimum absolute atomic E-state index is 0.167. The zero-order valence-electron chi connectivity index (χ0n) is 7.17. The third-order valence-corrected chi connectivity index (χ3v) is 3.00.